The molecule has 24 heavy (non-hydrogen) atoms. The summed E-state index contributed by atoms with van der Waals surface area (Å²) in [6, 6.07) is 1.98. The predicted molar refractivity (Wildman–Crippen MR) is 93.3 cm³/mol. The maximum atomic E-state index is 12.9. The number of aryl methyl sites for hydroxylation is 1. The van der Waals surface area contributed by atoms with Gasteiger partial charge in [-0.05, 0) is 32.1 Å². The molecule has 2 heterocycles. The second kappa shape index (κ2) is 6.36. The van der Waals surface area contributed by atoms with Crippen LogP contribution in [-0.2, 0) is 11.3 Å². The van der Waals surface area contributed by atoms with Gasteiger partial charge < -0.3 is 9.42 Å². The van der Waals surface area contributed by atoms with Gasteiger partial charge in [-0.1, -0.05) is 30.7 Å². The summed E-state index contributed by atoms with van der Waals surface area (Å²) >= 11 is 0. The Labute approximate surface area is 144 Å². The van der Waals surface area contributed by atoms with E-state index in [1.807, 2.05) is 17.9 Å². The minimum absolute atomic E-state index is 0.100. The van der Waals surface area contributed by atoms with Crippen LogP contribution in [0.5, 0.6) is 0 Å². The molecule has 1 saturated heterocycles. The number of carbonyl (C=O) groups is 1. The molecule has 2 aliphatic rings. The fraction of sp³-hybridized carbons (Fsp3) is 0.684. The summed E-state index contributed by atoms with van der Waals surface area (Å²) in [4.78, 5) is 17.3. The standard InChI is InChI=1S/C19H29N3O2/c1-13(2)10-16-17(19(16,4)5)18(23)22-8-6-21(7-9-22)12-15-11-14(3)20-24-15/h10-11,16-17H,6-9,12H2,1-5H3. The van der Waals surface area contributed by atoms with E-state index in [0.29, 0.717) is 11.8 Å². The van der Waals surface area contributed by atoms with Crippen LogP contribution in [0, 0.1) is 24.2 Å². The Kier molecular flexibility index (Phi) is 4.56. The molecule has 0 radical (unpaired) electrons. The van der Waals surface area contributed by atoms with E-state index in [0.717, 1.165) is 44.2 Å². The molecule has 0 bridgehead atoms. The second-order valence-corrected chi connectivity index (χ2v) is 8.10. The lowest BCUT2D eigenvalue weighted by atomic mass is 10.1. The van der Waals surface area contributed by atoms with E-state index in [1.165, 1.54) is 5.57 Å². The van der Waals surface area contributed by atoms with Crippen molar-refractivity contribution < 1.29 is 9.32 Å². The van der Waals surface area contributed by atoms with E-state index in [2.05, 4.69) is 43.8 Å². The number of carbonyl (C=O) groups excluding carboxylic acids is 1. The van der Waals surface area contributed by atoms with Crippen LogP contribution >= 0.6 is 0 Å². The molecule has 1 aliphatic carbocycles. The third-order valence-corrected chi connectivity index (χ3v) is 5.43. The van der Waals surface area contributed by atoms with Crippen LogP contribution in [0.4, 0.5) is 0 Å². The fourth-order valence-corrected chi connectivity index (χ4v) is 3.85. The topological polar surface area (TPSA) is 49.6 Å². The van der Waals surface area contributed by atoms with Crippen molar-refractivity contribution in [1.82, 2.24) is 15.0 Å². The Morgan fingerprint density at radius 2 is 2.00 bits per heavy atom. The molecule has 1 saturated carbocycles. The summed E-state index contributed by atoms with van der Waals surface area (Å²) in [6.07, 6.45) is 2.27. The highest BCUT2D eigenvalue weighted by atomic mass is 16.5. The summed E-state index contributed by atoms with van der Waals surface area (Å²) in [5.74, 6) is 1.78. The van der Waals surface area contributed by atoms with E-state index in [1.54, 1.807) is 0 Å². The molecule has 2 atom stereocenters. The lowest BCUT2D eigenvalue weighted by Crippen LogP contribution is -2.49. The van der Waals surface area contributed by atoms with Crippen LogP contribution in [0.3, 0.4) is 0 Å². The molecular formula is C19H29N3O2. The third-order valence-electron chi connectivity index (χ3n) is 5.43. The number of amides is 1. The maximum Gasteiger partial charge on any atom is 0.226 e. The Balaban J connectivity index is 1.53. The number of piperazine rings is 1. The number of nitrogens with zero attached hydrogens (tertiary/aromatic N) is 3. The lowest BCUT2D eigenvalue weighted by molar-refractivity contribution is -0.135. The highest BCUT2D eigenvalue weighted by Crippen LogP contribution is 2.60. The zero-order valence-electron chi connectivity index (χ0n) is 15.5. The molecule has 3 rings (SSSR count). The van der Waals surface area contributed by atoms with Crippen LogP contribution in [0.25, 0.3) is 0 Å². The summed E-state index contributed by atoms with van der Waals surface area (Å²) in [5.41, 5.74) is 2.32. The predicted octanol–water partition coefficient (Wildman–Crippen LogP) is 2.87. The monoisotopic (exact) mass is 331 g/mol. The van der Waals surface area contributed by atoms with Crippen molar-refractivity contribution in [1.29, 1.82) is 0 Å². The van der Waals surface area contributed by atoms with Crippen molar-refractivity contribution in [2.45, 2.75) is 41.2 Å². The SMILES string of the molecule is CC(C)=CC1C(C(=O)N2CCN(Cc3cc(C)no3)CC2)C1(C)C. The normalized spacial score (nSPS) is 26.3. The molecule has 132 valence electrons. The zero-order chi connectivity index (χ0) is 17.5. The second-order valence-electron chi connectivity index (χ2n) is 8.10. The molecule has 1 aromatic heterocycles. The molecular weight excluding hydrogens is 302 g/mol. The lowest BCUT2D eigenvalue weighted by Gasteiger charge is -2.34. The van der Waals surface area contributed by atoms with Gasteiger partial charge in [0, 0.05) is 32.2 Å². The van der Waals surface area contributed by atoms with Crippen molar-refractivity contribution in [3.63, 3.8) is 0 Å². The summed E-state index contributed by atoms with van der Waals surface area (Å²) in [7, 11) is 0. The highest BCUT2D eigenvalue weighted by Gasteiger charge is 2.61. The maximum absolute atomic E-state index is 12.9. The van der Waals surface area contributed by atoms with E-state index in [9.17, 15) is 4.79 Å². The van der Waals surface area contributed by atoms with Crippen LogP contribution in [0.15, 0.2) is 22.2 Å². The molecule has 2 unspecified atom stereocenters. The number of hydrogen-bond donors (Lipinski definition) is 0. The molecule has 5 nitrogen and oxygen atoms in total. The minimum Gasteiger partial charge on any atom is -0.360 e. The number of rotatable bonds is 4. The average molecular weight is 331 g/mol. The highest BCUT2D eigenvalue weighted by molar-refractivity contribution is 5.84. The van der Waals surface area contributed by atoms with Crippen molar-refractivity contribution in [2.75, 3.05) is 26.2 Å². The van der Waals surface area contributed by atoms with Gasteiger partial charge in [-0.2, -0.15) is 0 Å². The molecule has 0 N–H and O–H groups in total. The number of hydrogen-bond acceptors (Lipinski definition) is 4. The summed E-state index contributed by atoms with van der Waals surface area (Å²) in [6.45, 7) is 14.8. The smallest absolute Gasteiger partial charge is 0.226 e. The van der Waals surface area contributed by atoms with E-state index >= 15 is 0 Å². The average Bonchev–Trinajstić information content (AvgIpc) is 2.82. The van der Waals surface area contributed by atoms with Gasteiger partial charge in [0.25, 0.3) is 0 Å². The van der Waals surface area contributed by atoms with Gasteiger partial charge in [-0.15, -0.1) is 0 Å². The first-order valence-corrected chi connectivity index (χ1v) is 8.87. The third kappa shape index (κ3) is 3.41. The van der Waals surface area contributed by atoms with Gasteiger partial charge in [0.2, 0.25) is 5.91 Å². The van der Waals surface area contributed by atoms with Crippen LogP contribution in [0.2, 0.25) is 0 Å². The zero-order valence-corrected chi connectivity index (χ0v) is 15.5. The van der Waals surface area contributed by atoms with Crippen molar-refractivity contribution >= 4 is 5.91 Å². The van der Waals surface area contributed by atoms with E-state index in [4.69, 9.17) is 4.52 Å². The van der Waals surface area contributed by atoms with E-state index in [-0.39, 0.29) is 11.3 Å². The number of allylic oxidation sites excluding steroid dienone is 2. The Morgan fingerprint density at radius 1 is 1.33 bits per heavy atom. The fourth-order valence-electron chi connectivity index (χ4n) is 3.85. The Bertz CT molecular complexity index is 635. The summed E-state index contributed by atoms with van der Waals surface area (Å²) < 4.78 is 5.29. The van der Waals surface area contributed by atoms with E-state index < -0.39 is 0 Å². The first-order chi connectivity index (χ1) is 11.3. The minimum atomic E-state index is 0.100. The molecule has 1 aromatic rings. The van der Waals surface area contributed by atoms with Crippen LogP contribution < -0.4 is 0 Å². The first-order valence-electron chi connectivity index (χ1n) is 8.87. The van der Waals surface area contributed by atoms with Crippen molar-refractivity contribution in [3.05, 3.63) is 29.2 Å². The van der Waals surface area contributed by atoms with Crippen LogP contribution in [0.1, 0.15) is 39.1 Å². The van der Waals surface area contributed by atoms with Crippen molar-refractivity contribution in [3.8, 4) is 0 Å². The Morgan fingerprint density at radius 3 is 2.54 bits per heavy atom. The first kappa shape index (κ1) is 17.2. The number of aromatic nitrogens is 1. The Hall–Kier alpha value is -1.62. The van der Waals surface area contributed by atoms with Gasteiger partial charge in [0.05, 0.1) is 18.2 Å². The molecule has 2 fully saturated rings. The quantitative estimate of drug-likeness (QED) is 0.796. The van der Waals surface area contributed by atoms with Gasteiger partial charge in [-0.3, -0.25) is 9.69 Å². The van der Waals surface area contributed by atoms with Gasteiger partial charge in [0.1, 0.15) is 0 Å². The van der Waals surface area contributed by atoms with Gasteiger partial charge >= 0.3 is 0 Å². The molecule has 1 aliphatic heterocycles. The molecule has 0 aromatic carbocycles. The van der Waals surface area contributed by atoms with Gasteiger partial charge in [-0.25, -0.2) is 0 Å². The van der Waals surface area contributed by atoms with Crippen molar-refractivity contribution in [2.24, 2.45) is 17.3 Å². The van der Waals surface area contributed by atoms with Gasteiger partial charge in [0.15, 0.2) is 5.76 Å². The van der Waals surface area contributed by atoms with Crippen LogP contribution in [-0.4, -0.2) is 47.0 Å². The molecule has 5 heteroatoms. The summed E-state index contributed by atoms with van der Waals surface area (Å²) in [5, 5.41) is 3.93. The largest absolute Gasteiger partial charge is 0.360 e. The molecule has 0 spiro atoms. The molecule has 1 amide bonds.